The number of hydrogen-bond acceptors (Lipinski definition) is 3. The molecule has 0 aromatic heterocycles. The quantitative estimate of drug-likeness (QED) is 0.339. The minimum atomic E-state index is -0.378. The van der Waals surface area contributed by atoms with Crippen LogP contribution in [0.2, 0.25) is 0 Å². The highest BCUT2D eigenvalue weighted by atomic mass is 79.9. The summed E-state index contributed by atoms with van der Waals surface area (Å²) in [6.07, 6.45) is -0.0650. The van der Waals surface area contributed by atoms with Crippen molar-refractivity contribution in [2.24, 2.45) is 10.4 Å². The maximum atomic E-state index is 11.8. The van der Waals surface area contributed by atoms with Gasteiger partial charge >= 0.3 is 0 Å². The van der Waals surface area contributed by atoms with Crippen molar-refractivity contribution in [1.82, 2.24) is 16.0 Å². The molecule has 1 amide bonds. The summed E-state index contributed by atoms with van der Waals surface area (Å²) in [7, 11) is 0. The average Bonchev–Trinajstić information content (AvgIpc) is 2.57. The van der Waals surface area contributed by atoms with E-state index in [0.717, 1.165) is 16.8 Å². The van der Waals surface area contributed by atoms with Crippen LogP contribution in [0.3, 0.4) is 0 Å². The molecule has 0 heterocycles. The van der Waals surface area contributed by atoms with E-state index >= 15 is 0 Å². The summed E-state index contributed by atoms with van der Waals surface area (Å²) in [4.78, 5) is 16.4. The van der Waals surface area contributed by atoms with Crippen LogP contribution in [0.25, 0.3) is 0 Å². The van der Waals surface area contributed by atoms with E-state index in [2.05, 4.69) is 36.9 Å². The van der Waals surface area contributed by atoms with Gasteiger partial charge in [-0.3, -0.25) is 4.79 Å². The van der Waals surface area contributed by atoms with Crippen LogP contribution in [-0.4, -0.2) is 44.1 Å². The third kappa shape index (κ3) is 8.56. The number of nitrogens with zero attached hydrogens (tertiary/aromatic N) is 1. The Balaban J connectivity index is 2.45. The topological polar surface area (TPSA) is 74.8 Å². The molecule has 1 aromatic carbocycles. The number of carbonyl (C=O) groups excluding carboxylic acids is 1. The van der Waals surface area contributed by atoms with Gasteiger partial charge < -0.3 is 20.7 Å². The number of rotatable bonds is 8. The molecule has 26 heavy (non-hydrogen) atoms. The second-order valence-corrected chi connectivity index (χ2v) is 7.87. The van der Waals surface area contributed by atoms with Gasteiger partial charge in [-0.05, 0) is 41.9 Å². The molecular formula is C19H31BrN4O2. The third-order valence-electron chi connectivity index (χ3n) is 3.40. The zero-order valence-corrected chi connectivity index (χ0v) is 17.9. The Hall–Kier alpha value is -1.76. The van der Waals surface area contributed by atoms with Crippen molar-refractivity contribution in [2.75, 3.05) is 26.2 Å². The summed E-state index contributed by atoms with van der Waals surface area (Å²) >= 11 is 3.48. The van der Waals surface area contributed by atoms with Gasteiger partial charge in [0.05, 0.1) is 11.0 Å². The average molecular weight is 427 g/mol. The maximum absolute atomic E-state index is 11.8. The van der Waals surface area contributed by atoms with E-state index in [9.17, 15) is 4.79 Å². The van der Waals surface area contributed by atoms with Crippen LogP contribution in [0.1, 0.15) is 34.6 Å². The van der Waals surface area contributed by atoms with E-state index in [-0.39, 0.29) is 17.4 Å². The predicted molar refractivity (Wildman–Crippen MR) is 111 cm³/mol. The first-order valence-corrected chi connectivity index (χ1v) is 9.75. The fourth-order valence-corrected chi connectivity index (χ4v) is 2.36. The van der Waals surface area contributed by atoms with Crippen molar-refractivity contribution in [1.29, 1.82) is 0 Å². The fraction of sp³-hybridized carbons (Fsp3) is 0.579. The molecule has 146 valence electrons. The number of para-hydroxylation sites is 1. The van der Waals surface area contributed by atoms with Gasteiger partial charge in [0.1, 0.15) is 11.9 Å². The van der Waals surface area contributed by atoms with Crippen LogP contribution < -0.4 is 20.7 Å². The minimum absolute atomic E-state index is 0.0386. The number of guanidine groups is 1. The van der Waals surface area contributed by atoms with E-state index < -0.39 is 0 Å². The first-order valence-electron chi connectivity index (χ1n) is 8.95. The lowest BCUT2D eigenvalue weighted by Gasteiger charge is -2.18. The Kier molecular flexibility index (Phi) is 9.48. The number of benzene rings is 1. The Labute approximate surface area is 165 Å². The summed E-state index contributed by atoms with van der Waals surface area (Å²) < 4.78 is 6.83. The van der Waals surface area contributed by atoms with Gasteiger partial charge in [-0.15, -0.1) is 0 Å². The Morgan fingerprint density at radius 2 is 1.85 bits per heavy atom. The van der Waals surface area contributed by atoms with Gasteiger partial charge in [0.15, 0.2) is 5.96 Å². The van der Waals surface area contributed by atoms with E-state index in [1.807, 2.05) is 58.9 Å². The van der Waals surface area contributed by atoms with Crippen LogP contribution >= 0.6 is 15.9 Å². The molecule has 0 fully saturated rings. The van der Waals surface area contributed by atoms with Gasteiger partial charge in [0, 0.05) is 25.0 Å². The number of ether oxygens (including phenoxy) is 1. The monoisotopic (exact) mass is 426 g/mol. The lowest BCUT2D eigenvalue weighted by atomic mass is 9.96. The molecule has 1 aromatic rings. The predicted octanol–water partition coefficient (Wildman–Crippen LogP) is 2.93. The van der Waals surface area contributed by atoms with Crippen molar-refractivity contribution in [3.05, 3.63) is 28.7 Å². The van der Waals surface area contributed by atoms with Crippen LogP contribution in [0.4, 0.5) is 0 Å². The third-order valence-corrected chi connectivity index (χ3v) is 4.05. The molecule has 1 atom stereocenters. The molecule has 0 aliphatic rings. The molecule has 0 aliphatic carbocycles. The number of halogens is 1. The zero-order valence-electron chi connectivity index (χ0n) is 16.4. The summed E-state index contributed by atoms with van der Waals surface area (Å²) in [6.45, 7) is 12.1. The normalized spacial score (nSPS) is 13.1. The van der Waals surface area contributed by atoms with Crippen LogP contribution in [0.15, 0.2) is 33.7 Å². The Morgan fingerprint density at radius 1 is 1.19 bits per heavy atom. The summed E-state index contributed by atoms with van der Waals surface area (Å²) in [6, 6.07) is 7.76. The second-order valence-electron chi connectivity index (χ2n) is 7.01. The fourth-order valence-electron chi connectivity index (χ4n) is 1.98. The summed E-state index contributed by atoms with van der Waals surface area (Å²) in [5.74, 6) is 1.55. The van der Waals surface area contributed by atoms with Gasteiger partial charge in [-0.25, -0.2) is 4.99 Å². The highest BCUT2D eigenvalue weighted by molar-refractivity contribution is 9.10. The molecule has 0 aliphatic heterocycles. The highest BCUT2D eigenvalue weighted by Crippen LogP contribution is 2.24. The molecule has 1 unspecified atom stereocenters. The van der Waals surface area contributed by atoms with Crippen LogP contribution in [0, 0.1) is 5.41 Å². The number of aliphatic imine (C=N–C) groups is 1. The molecular weight excluding hydrogens is 396 g/mol. The van der Waals surface area contributed by atoms with E-state index in [1.54, 1.807) is 0 Å². The van der Waals surface area contributed by atoms with E-state index in [4.69, 9.17) is 4.74 Å². The standard InChI is InChI=1S/C19H31BrN4O2/c1-6-21-18(23-12-11-22-17(25)19(3,4)5)24-13-14(2)26-16-10-8-7-9-15(16)20/h7-10,14H,6,11-13H2,1-5H3,(H,22,25)(H2,21,23,24). The maximum Gasteiger partial charge on any atom is 0.225 e. The number of hydrogen-bond donors (Lipinski definition) is 3. The molecule has 0 saturated carbocycles. The summed E-state index contributed by atoms with van der Waals surface area (Å²) in [5.41, 5.74) is -0.378. The molecule has 1 rings (SSSR count). The molecule has 0 radical (unpaired) electrons. The molecule has 0 spiro atoms. The van der Waals surface area contributed by atoms with Crippen LogP contribution in [0.5, 0.6) is 5.75 Å². The molecule has 0 bridgehead atoms. The van der Waals surface area contributed by atoms with Crippen molar-refractivity contribution in [3.8, 4) is 5.75 Å². The second kappa shape index (κ2) is 11.1. The SMILES string of the molecule is CCNC(=NCC(C)Oc1ccccc1Br)NCCNC(=O)C(C)(C)C. The van der Waals surface area contributed by atoms with Crippen molar-refractivity contribution in [3.63, 3.8) is 0 Å². The molecule has 6 nitrogen and oxygen atoms in total. The van der Waals surface area contributed by atoms with Gasteiger partial charge in [0.2, 0.25) is 5.91 Å². The van der Waals surface area contributed by atoms with Crippen molar-refractivity contribution >= 4 is 27.8 Å². The molecule has 7 heteroatoms. The van der Waals surface area contributed by atoms with E-state index in [1.165, 1.54) is 0 Å². The van der Waals surface area contributed by atoms with Gasteiger partial charge in [-0.2, -0.15) is 0 Å². The zero-order chi connectivity index (χ0) is 19.6. The lowest BCUT2D eigenvalue weighted by molar-refractivity contribution is -0.128. The summed E-state index contributed by atoms with van der Waals surface area (Å²) in [5, 5.41) is 9.32. The van der Waals surface area contributed by atoms with E-state index in [0.29, 0.717) is 25.6 Å². The first-order chi connectivity index (χ1) is 12.2. The number of amides is 1. The lowest BCUT2D eigenvalue weighted by Crippen LogP contribution is -2.43. The smallest absolute Gasteiger partial charge is 0.225 e. The van der Waals surface area contributed by atoms with Gasteiger partial charge in [-0.1, -0.05) is 32.9 Å². The Morgan fingerprint density at radius 3 is 2.46 bits per heavy atom. The van der Waals surface area contributed by atoms with Crippen molar-refractivity contribution < 1.29 is 9.53 Å². The first kappa shape index (κ1) is 22.3. The Bertz CT molecular complexity index is 599. The molecule has 0 saturated heterocycles. The highest BCUT2D eigenvalue weighted by Gasteiger charge is 2.20. The number of carbonyl (C=O) groups is 1. The molecule has 3 N–H and O–H groups in total. The van der Waals surface area contributed by atoms with Crippen molar-refractivity contribution in [2.45, 2.75) is 40.7 Å². The minimum Gasteiger partial charge on any atom is -0.488 e. The largest absolute Gasteiger partial charge is 0.488 e. The van der Waals surface area contributed by atoms with Crippen LogP contribution in [-0.2, 0) is 4.79 Å². The van der Waals surface area contributed by atoms with Gasteiger partial charge in [0.25, 0.3) is 0 Å². The number of nitrogens with one attached hydrogen (secondary N) is 3.